The summed E-state index contributed by atoms with van der Waals surface area (Å²) in [6.45, 7) is 6.50. The second-order valence-corrected chi connectivity index (χ2v) is 7.85. The first-order chi connectivity index (χ1) is 13.2. The van der Waals surface area contributed by atoms with Crippen molar-refractivity contribution in [3.05, 3.63) is 59.7 Å². The van der Waals surface area contributed by atoms with Gasteiger partial charge in [-0.3, -0.25) is 15.6 Å². The number of fused-ring (bicyclic) bond motifs is 1. The van der Waals surface area contributed by atoms with Crippen molar-refractivity contribution in [1.29, 1.82) is 0 Å². The van der Waals surface area contributed by atoms with Crippen molar-refractivity contribution in [1.82, 2.24) is 15.8 Å². The van der Waals surface area contributed by atoms with Gasteiger partial charge in [0, 0.05) is 37.2 Å². The summed E-state index contributed by atoms with van der Waals surface area (Å²) in [5.41, 5.74) is 9.19. The molecule has 4 nitrogen and oxygen atoms in total. The van der Waals surface area contributed by atoms with Gasteiger partial charge in [-0.05, 0) is 48.9 Å². The molecular weight excluding hydrogens is 334 g/mol. The molecule has 142 valence electrons. The Labute approximate surface area is 161 Å². The Morgan fingerprint density at radius 3 is 2.85 bits per heavy atom. The van der Waals surface area contributed by atoms with Crippen LogP contribution in [0.5, 0.6) is 0 Å². The fourth-order valence-corrected chi connectivity index (χ4v) is 4.70. The summed E-state index contributed by atoms with van der Waals surface area (Å²) in [4.78, 5) is 14.7. The minimum absolute atomic E-state index is 0.190. The van der Waals surface area contributed by atoms with Gasteiger partial charge in [0.2, 0.25) is 5.91 Å². The fourth-order valence-electron chi connectivity index (χ4n) is 4.70. The number of hydrazine groups is 1. The SMILES string of the molecule is C/C=C(\C)C(=O)N1CCCC(C2NNCC2c2cccc3ccccc23)C1. The van der Waals surface area contributed by atoms with Gasteiger partial charge in [-0.15, -0.1) is 0 Å². The number of carbonyl (C=O) groups excluding carboxylic acids is 1. The number of amides is 1. The molecule has 3 unspecified atom stereocenters. The summed E-state index contributed by atoms with van der Waals surface area (Å²) >= 11 is 0. The summed E-state index contributed by atoms with van der Waals surface area (Å²) in [5, 5.41) is 2.64. The van der Waals surface area contributed by atoms with Gasteiger partial charge >= 0.3 is 0 Å². The van der Waals surface area contributed by atoms with E-state index in [9.17, 15) is 4.79 Å². The van der Waals surface area contributed by atoms with E-state index < -0.39 is 0 Å². The van der Waals surface area contributed by atoms with Crippen molar-refractivity contribution in [2.45, 2.75) is 38.6 Å². The normalized spacial score (nSPS) is 26.5. The van der Waals surface area contributed by atoms with E-state index >= 15 is 0 Å². The molecule has 2 fully saturated rings. The first-order valence-corrected chi connectivity index (χ1v) is 10.1. The van der Waals surface area contributed by atoms with Gasteiger partial charge in [0.25, 0.3) is 0 Å². The third-order valence-corrected chi connectivity index (χ3v) is 6.27. The van der Waals surface area contributed by atoms with Crippen LogP contribution in [-0.4, -0.2) is 36.5 Å². The van der Waals surface area contributed by atoms with E-state index in [-0.39, 0.29) is 5.91 Å². The number of allylic oxidation sites excluding steroid dienone is 1. The van der Waals surface area contributed by atoms with Crippen molar-refractivity contribution in [2.24, 2.45) is 5.92 Å². The average molecular weight is 364 g/mol. The standard InChI is InChI=1S/C23H29N3O/c1-3-16(2)23(27)26-13-7-10-18(15-26)22-21(14-24-25-22)20-12-6-9-17-8-4-5-11-19(17)20/h3-6,8-9,11-12,18,21-22,24-25H,7,10,13-15H2,1-2H3/b16-3+. The number of carbonyl (C=O) groups is 1. The molecular formula is C23H29N3O. The lowest BCUT2D eigenvalue weighted by molar-refractivity contribution is -0.129. The Kier molecular flexibility index (Phi) is 5.28. The smallest absolute Gasteiger partial charge is 0.249 e. The zero-order valence-electron chi connectivity index (χ0n) is 16.2. The zero-order valence-corrected chi connectivity index (χ0v) is 16.2. The van der Waals surface area contributed by atoms with Crippen LogP contribution in [0.4, 0.5) is 0 Å². The maximum absolute atomic E-state index is 12.6. The van der Waals surface area contributed by atoms with Crippen LogP contribution in [0.15, 0.2) is 54.1 Å². The van der Waals surface area contributed by atoms with E-state index in [0.29, 0.717) is 17.9 Å². The number of nitrogens with zero attached hydrogens (tertiary/aromatic N) is 1. The van der Waals surface area contributed by atoms with Crippen molar-refractivity contribution < 1.29 is 4.79 Å². The summed E-state index contributed by atoms with van der Waals surface area (Å²) in [5.74, 6) is 1.07. The number of hydrogen-bond donors (Lipinski definition) is 2. The molecule has 2 aromatic rings. The lowest BCUT2D eigenvalue weighted by atomic mass is 9.79. The molecule has 1 amide bonds. The van der Waals surface area contributed by atoms with Gasteiger partial charge in [0.05, 0.1) is 0 Å². The third-order valence-electron chi connectivity index (χ3n) is 6.27. The highest BCUT2D eigenvalue weighted by Gasteiger charge is 2.38. The van der Waals surface area contributed by atoms with Gasteiger partial charge in [-0.25, -0.2) is 0 Å². The van der Waals surface area contributed by atoms with Crippen LogP contribution in [-0.2, 0) is 4.79 Å². The topological polar surface area (TPSA) is 44.4 Å². The van der Waals surface area contributed by atoms with E-state index in [2.05, 4.69) is 53.3 Å². The summed E-state index contributed by atoms with van der Waals surface area (Å²) in [6.07, 6.45) is 4.16. The second kappa shape index (κ2) is 7.83. The van der Waals surface area contributed by atoms with Gasteiger partial charge in [-0.1, -0.05) is 48.5 Å². The third kappa shape index (κ3) is 3.52. The molecule has 0 aromatic heterocycles. The largest absolute Gasteiger partial charge is 0.339 e. The average Bonchev–Trinajstić information content (AvgIpc) is 3.22. The van der Waals surface area contributed by atoms with E-state index in [1.807, 2.05) is 24.8 Å². The molecule has 4 heteroatoms. The molecule has 2 saturated heterocycles. The predicted molar refractivity (Wildman–Crippen MR) is 110 cm³/mol. The van der Waals surface area contributed by atoms with Crippen LogP contribution in [0, 0.1) is 5.92 Å². The molecule has 2 aliphatic rings. The van der Waals surface area contributed by atoms with Crippen molar-refractivity contribution in [2.75, 3.05) is 19.6 Å². The molecule has 4 rings (SSSR count). The van der Waals surface area contributed by atoms with Crippen LogP contribution in [0.25, 0.3) is 10.8 Å². The molecule has 0 spiro atoms. The number of nitrogens with one attached hydrogen (secondary N) is 2. The lowest BCUT2D eigenvalue weighted by Gasteiger charge is -2.37. The van der Waals surface area contributed by atoms with Gasteiger partial charge in [-0.2, -0.15) is 0 Å². The predicted octanol–water partition coefficient (Wildman–Crippen LogP) is 3.60. The quantitative estimate of drug-likeness (QED) is 0.819. The van der Waals surface area contributed by atoms with Crippen molar-refractivity contribution in [3.63, 3.8) is 0 Å². The number of likely N-dealkylation sites (tertiary alicyclic amines) is 1. The molecule has 0 saturated carbocycles. The Morgan fingerprint density at radius 1 is 1.19 bits per heavy atom. The van der Waals surface area contributed by atoms with Crippen molar-refractivity contribution in [3.8, 4) is 0 Å². The van der Waals surface area contributed by atoms with E-state index in [0.717, 1.165) is 31.6 Å². The maximum atomic E-state index is 12.6. The fraction of sp³-hybridized carbons (Fsp3) is 0.435. The Hall–Kier alpha value is -2.17. The number of rotatable bonds is 3. The lowest BCUT2D eigenvalue weighted by Crippen LogP contribution is -2.48. The maximum Gasteiger partial charge on any atom is 0.249 e. The summed E-state index contributed by atoms with van der Waals surface area (Å²) < 4.78 is 0. The Balaban J connectivity index is 1.59. The molecule has 2 aromatic carbocycles. The minimum Gasteiger partial charge on any atom is -0.339 e. The highest BCUT2D eigenvalue weighted by molar-refractivity contribution is 5.92. The Morgan fingerprint density at radius 2 is 2.00 bits per heavy atom. The zero-order chi connectivity index (χ0) is 18.8. The van der Waals surface area contributed by atoms with E-state index in [1.54, 1.807) is 0 Å². The first-order valence-electron chi connectivity index (χ1n) is 10.1. The minimum atomic E-state index is 0.190. The van der Waals surface area contributed by atoms with Gasteiger partial charge in [0.15, 0.2) is 0 Å². The van der Waals surface area contributed by atoms with E-state index in [1.165, 1.54) is 22.8 Å². The van der Waals surface area contributed by atoms with Crippen LogP contribution < -0.4 is 10.9 Å². The first kappa shape index (κ1) is 18.2. The molecule has 27 heavy (non-hydrogen) atoms. The molecule has 0 aliphatic carbocycles. The van der Waals surface area contributed by atoms with Crippen LogP contribution in [0.1, 0.15) is 38.2 Å². The van der Waals surface area contributed by atoms with Gasteiger partial charge in [0.1, 0.15) is 0 Å². The monoisotopic (exact) mass is 363 g/mol. The number of hydrogen-bond acceptors (Lipinski definition) is 3. The molecule has 2 aliphatic heterocycles. The number of benzene rings is 2. The molecule has 3 atom stereocenters. The highest BCUT2D eigenvalue weighted by atomic mass is 16.2. The molecule has 2 heterocycles. The summed E-state index contributed by atoms with van der Waals surface area (Å²) in [7, 11) is 0. The van der Waals surface area contributed by atoms with Crippen LogP contribution in [0.3, 0.4) is 0 Å². The number of piperidine rings is 1. The van der Waals surface area contributed by atoms with Gasteiger partial charge < -0.3 is 4.90 Å². The second-order valence-electron chi connectivity index (χ2n) is 7.85. The molecule has 0 radical (unpaired) electrons. The highest BCUT2D eigenvalue weighted by Crippen LogP contribution is 2.35. The summed E-state index contributed by atoms with van der Waals surface area (Å²) in [6, 6.07) is 15.6. The molecule has 2 N–H and O–H groups in total. The van der Waals surface area contributed by atoms with Crippen molar-refractivity contribution >= 4 is 16.7 Å². The van der Waals surface area contributed by atoms with Crippen LogP contribution in [0.2, 0.25) is 0 Å². The van der Waals surface area contributed by atoms with E-state index in [4.69, 9.17) is 0 Å². The Bertz CT molecular complexity index is 854. The van der Waals surface area contributed by atoms with Crippen LogP contribution >= 0.6 is 0 Å². The molecule has 0 bridgehead atoms.